The topological polar surface area (TPSA) is 165 Å². The van der Waals surface area contributed by atoms with Crippen molar-refractivity contribution in [3.05, 3.63) is 163 Å². The van der Waals surface area contributed by atoms with Crippen LogP contribution in [0.15, 0.2) is 103 Å². The van der Waals surface area contributed by atoms with Gasteiger partial charge in [0.2, 0.25) is 0 Å². The molecule has 0 unspecified atom stereocenters. The van der Waals surface area contributed by atoms with E-state index in [-0.39, 0.29) is 52.6 Å². The molecule has 0 aliphatic rings. The average Bonchev–Trinajstić information content (AvgIpc) is 3.27. The number of carboxylic acid groups (broad SMARTS) is 1. The van der Waals surface area contributed by atoms with Crippen LogP contribution in [0, 0.1) is 20.8 Å². The van der Waals surface area contributed by atoms with Crippen LogP contribution in [0.4, 0.5) is 0 Å². The number of carbonyl (C=O) groups is 1. The Morgan fingerprint density at radius 1 is 0.698 bits per heavy atom. The molecule has 2 heterocycles. The smallest absolute Gasteiger partial charge is 0.320 e. The monoisotopic (exact) mass is 892 g/mol. The second kappa shape index (κ2) is 22.4. The van der Waals surface area contributed by atoms with Crippen LogP contribution in [0.2, 0.25) is 10.0 Å². The summed E-state index contributed by atoms with van der Waals surface area (Å²) in [5.41, 5.74) is 10.7. The van der Waals surface area contributed by atoms with E-state index in [1.807, 2.05) is 43.3 Å². The lowest BCUT2D eigenvalue weighted by atomic mass is 9.92. The molecule has 328 valence electrons. The fraction of sp³-hybridized carbons (Fsp3) is 0.265. The van der Waals surface area contributed by atoms with Crippen LogP contribution in [0.25, 0.3) is 11.1 Å². The number of aliphatic hydroxyl groups excluding tert-OH is 2. The number of carboxylic acids is 1. The van der Waals surface area contributed by atoms with E-state index in [0.29, 0.717) is 44.2 Å². The van der Waals surface area contributed by atoms with E-state index in [4.69, 9.17) is 42.1 Å². The number of aryl methyl sites for hydroxylation is 1. The Kier molecular flexibility index (Phi) is 16.5. The Labute approximate surface area is 377 Å². The van der Waals surface area contributed by atoms with E-state index in [1.54, 1.807) is 62.3 Å². The molecule has 12 nitrogen and oxygen atoms in total. The van der Waals surface area contributed by atoms with Crippen LogP contribution in [0.5, 0.6) is 23.0 Å². The van der Waals surface area contributed by atoms with Crippen LogP contribution in [0.1, 0.15) is 62.1 Å². The molecule has 0 fully saturated rings. The normalized spacial score (nSPS) is 11.7. The van der Waals surface area contributed by atoms with Crippen LogP contribution >= 0.6 is 23.2 Å². The van der Waals surface area contributed by atoms with Gasteiger partial charge >= 0.3 is 5.97 Å². The highest BCUT2D eigenvalue weighted by atomic mass is 35.5. The lowest BCUT2D eigenvalue weighted by Crippen LogP contribution is -2.37. The molecule has 4 aromatic carbocycles. The predicted molar refractivity (Wildman–Crippen MR) is 244 cm³/mol. The summed E-state index contributed by atoms with van der Waals surface area (Å²) in [6.45, 7) is 6.53. The first-order valence-electron chi connectivity index (χ1n) is 20.3. The molecule has 14 heteroatoms. The minimum Gasteiger partial charge on any atom is -0.488 e. The molecule has 6 rings (SSSR count). The zero-order chi connectivity index (χ0) is 44.9. The molecular weight excluding hydrogens is 843 g/mol. The van der Waals surface area contributed by atoms with Crippen LogP contribution in [-0.2, 0) is 44.4 Å². The van der Waals surface area contributed by atoms with Gasteiger partial charge in [0.15, 0.2) is 0 Å². The van der Waals surface area contributed by atoms with Crippen molar-refractivity contribution >= 4 is 35.4 Å². The maximum atomic E-state index is 11.8. The van der Waals surface area contributed by atoms with E-state index >= 15 is 0 Å². The summed E-state index contributed by atoms with van der Waals surface area (Å²) in [5, 5.41) is 32.7. The summed E-state index contributed by atoms with van der Waals surface area (Å²) in [4.78, 5) is 24.3. The number of hydrogen-bond donors (Lipinski definition) is 4. The van der Waals surface area contributed by atoms with Gasteiger partial charge in [0.05, 0.1) is 16.7 Å². The Hall–Kier alpha value is -6.02. The molecule has 0 saturated heterocycles. The Morgan fingerprint density at radius 2 is 1.24 bits per heavy atom. The van der Waals surface area contributed by atoms with Crippen LogP contribution < -0.4 is 24.3 Å². The molecule has 2 aromatic heterocycles. The van der Waals surface area contributed by atoms with E-state index in [2.05, 4.69) is 46.3 Å². The summed E-state index contributed by atoms with van der Waals surface area (Å²) >= 11 is 13.4. The number of nitrogens with one attached hydrogen (secondary N) is 1. The molecule has 4 N–H and O–H groups in total. The minimum atomic E-state index is -1.07. The predicted octanol–water partition coefficient (Wildman–Crippen LogP) is 9.16. The molecule has 0 radical (unpaired) electrons. The molecular formula is C49H50Cl2N4O8. The van der Waals surface area contributed by atoms with Gasteiger partial charge in [-0.2, -0.15) is 0 Å². The average molecular weight is 894 g/mol. The number of aliphatic hydroxyl groups is 2. The maximum absolute atomic E-state index is 11.8. The van der Waals surface area contributed by atoms with E-state index < -0.39 is 12.0 Å². The van der Waals surface area contributed by atoms with Gasteiger partial charge in [-0.15, -0.1) is 0 Å². The lowest BCUT2D eigenvalue weighted by Gasteiger charge is -2.19. The third kappa shape index (κ3) is 12.3. The molecule has 0 spiro atoms. The molecule has 0 saturated carbocycles. The van der Waals surface area contributed by atoms with Gasteiger partial charge in [0, 0.05) is 91.2 Å². The van der Waals surface area contributed by atoms with Crippen molar-refractivity contribution in [1.82, 2.24) is 15.3 Å². The number of pyridine rings is 2. The number of ether oxygens (including phenoxy) is 4. The number of benzene rings is 4. The highest BCUT2D eigenvalue weighted by Crippen LogP contribution is 2.37. The number of nitrogens with zero attached hydrogens (tertiary/aromatic N) is 3. The fourth-order valence-electron chi connectivity index (χ4n) is 6.98. The molecule has 0 bridgehead atoms. The van der Waals surface area contributed by atoms with E-state index in [9.17, 15) is 20.1 Å². The summed E-state index contributed by atoms with van der Waals surface area (Å²) in [7, 11) is 1.70. The van der Waals surface area contributed by atoms with Gasteiger partial charge in [0.1, 0.15) is 55.5 Å². The fourth-order valence-corrected chi connectivity index (χ4v) is 7.46. The third-order valence-electron chi connectivity index (χ3n) is 10.4. The molecule has 0 amide bonds. The Bertz CT molecular complexity index is 2570. The highest BCUT2D eigenvalue weighted by Gasteiger charge is 2.20. The number of aliphatic carboxylic acids is 1. The first kappa shape index (κ1) is 46.5. The largest absolute Gasteiger partial charge is 0.488 e. The number of aliphatic imine (C=N–C) groups is 1. The van der Waals surface area contributed by atoms with Gasteiger partial charge < -0.3 is 39.6 Å². The molecule has 0 aliphatic carbocycles. The number of aromatic nitrogens is 2. The van der Waals surface area contributed by atoms with Crippen LogP contribution in [0.3, 0.4) is 0 Å². The van der Waals surface area contributed by atoms with Crippen molar-refractivity contribution in [2.75, 3.05) is 13.7 Å². The van der Waals surface area contributed by atoms with Gasteiger partial charge in [0.25, 0.3) is 0 Å². The molecule has 0 aliphatic heterocycles. The maximum Gasteiger partial charge on any atom is 0.320 e. The Balaban J connectivity index is 1.18. The summed E-state index contributed by atoms with van der Waals surface area (Å²) in [6.07, 6.45) is 8.69. The van der Waals surface area contributed by atoms with E-state index in [0.717, 1.165) is 55.6 Å². The zero-order valence-electron chi connectivity index (χ0n) is 35.5. The second-order valence-corrected chi connectivity index (χ2v) is 15.8. The summed E-state index contributed by atoms with van der Waals surface area (Å²) < 4.78 is 25.0. The SMILES string of the molecule is CN=Cc1cncc(COc2cc(OCc3cccc(-c4cccc(COc5cc(OCc6cncc(C)c6)c(CN[C@H](CCO)C(=O)O)cc5Cl)c4C)c3C)c(Cl)cc2CO)c1. The standard InChI is InChI=1S/C49H50Cl2N4O8/c1-30-13-34(22-53-19-30)26-60-45-17-47(42(50)15-38(45)24-55-44(11-12-56)49(58)59)62-28-36-7-5-9-40(31(36)2)41-10-6-8-37(32(41)3)29-63-48-18-46(39(25-57)16-43(48)51)61-27-35-14-33(20-52-4)21-54-23-35/h5-10,13-23,44,55-57H,11-12,24-29H2,1-4H3,(H,58,59)/t44-/m1/s1. The quantitative estimate of drug-likeness (QED) is 0.0510. The summed E-state index contributed by atoms with van der Waals surface area (Å²) in [5.74, 6) is 0.668. The van der Waals surface area contributed by atoms with Gasteiger partial charge in [-0.25, -0.2) is 0 Å². The second-order valence-electron chi connectivity index (χ2n) is 14.9. The van der Waals surface area contributed by atoms with Crippen molar-refractivity contribution in [3.63, 3.8) is 0 Å². The van der Waals surface area contributed by atoms with Gasteiger partial charge in [-0.1, -0.05) is 59.6 Å². The first-order chi connectivity index (χ1) is 30.5. The summed E-state index contributed by atoms with van der Waals surface area (Å²) in [6, 6.07) is 21.9. The number of hydrogen-bond acceptors (Lipinski definition) is 11. The van der Waals surface area contributed by atoms with Crippen molar-refractivity contribution in [2.45, 2.75) is 72.8 Å². The third-order valence-corrected chi connectivity index (χ3v) is 11.0. The Morgan fingerprint density at radius 3 is 1.78 bits per heavy atom. The highest BCUT2D eigenvalue weighted by molar-refractivity contribution is 6.32. The molecule has 63 heavy (non-hydrogen) atoms. The first-order valence-corrected chi connectivity index (χ1v) is 21.0. The van der Waals surface area contributed by atoms with Crippen molar-refractivity contribution in [2.24, 2.45) is 4.99 Å². The van der Waals surface area contributed by atoms with Crippen molar-refractivity contribution in [3.8, 4) is 34.1 Å². The van der Waals surface area contributed by atoms with Gasteiger partial charge in [-0.3, -0.25) is 19.8 Å². The molecule has 1 atom stereocenters. The molecule has 6 aromatic rings. The van der Waals surface area contributed by atoms with Crippen molar-refractivity contribution in [1.29, 1.82) is 0 Å². The van der Waals surface area contributed by atoms with Crippen LogP contribution in [-0.4, -0.2) is 57.2 Å². The number of rotatable bonds is 21. The lowest BCUT2D eigenvalue weighted by molar-refractivity contribution is -0.140. The van der Waals surface area contributed by atoms with Gasteiger partial charge in [-0.05, 0) is 90.4 Å². The minimum absolute atomic E-state index is 0.0447. The van der Waals surface area contributed by atoms with Crippen molar-refractivity contribution < 1.29 is 39.1 Å². The number of halogens is 2. The zero-order valence-corrected chi connectivity index (χ0v) is 37.0. The van der Waals surface area contributed by atoms with E-state index in [1.165, 1.54) is 0 Å².